The first-order valence-corrected chi connectivity index (χ1v) is 7.29. The number of hydrogen-bond donors (Lipinski definition) is 0. The van der Waals surface area contributed by atoms with Crippen molar-refractivity contribution >= 4 is 11.7 Å². The molecule has 2 heterocycles. The van der Waals surface area contributed by atoms with Gasteiger partial charge in [-0.2, -0.15) is 0 Å². The summed E-state index contributed by atoms with van der Waals surface area (Å²) in [5.41, 5.74) is 8.37. The standard InChI is InChI=1S/C19H20N2/c1-5-6-16-8-9-17(15(4)14(16)3)18-12-21-11-13(2)7-10-19(21)20-18/h5-12H,1-4H3/b6-5+. The molecule has 0 bridgehead atoms. The van der Waals surface area contributed by atoms with Gasteiger partial charge in [0.15, 0.2) is 0 Å². The highest BCUT2D eigenvalue weighted by molar-refractivity contribution is 5.71. The number of allylic oxidation sites excluding steroid dienone is 1. The van der Waals surface area contributed by atoms with Gasteiger partial charge in [-0.15, -0.1) is 0 Å². The van der Waals surface area contributed by atoms with Gasteiger partial charge in [-0.1, -0.05) is 30.4 Å². The number of rotatable bonds is 2. The predicted octanol–water partition coefficient (Wildman–Crippen LogP) is 4.96. The Labute approximate surface area is 125 Å². The molecule has 0 saturated carbocycles. The molecule has 21 heavy (non-hydrogen) atoms. The van der Waals surface area contributed by atoms with Crippen LogP contribution in [-0.2, 0) is 0 Å². The third kappa shape index (κ3) is 2.38. The van der Waals surface area contributed by atoms with Gasteiger partial charge >= 0.3 is 0 Å². The largest absolute Gasteiger partial charge is 0.306 e. The molecule has 0 N–H and O–H groups in total. The molecule has 0 unspecified atom stereocenters. The van der Waals surface area contributed by atoms with Crippen LogP contribution in [-0.4, -0.2) is 9.38 Å². The Kier molecular flexibility index (Phi) is 3.38. The van der Waals surface area contributed by atoms with E-state index in [1.54, 1.807) is 0 Å². The molecule has 0 radical (unpaired) electrons. The molecule has 0 aliphatic carbocycles. The van der Waals surface area contributed by atoms with E-state index in [1.807, 2.05) is 6.92 Å². The molecule has 3 rings (SSSR count). The van der Waals surface area contributed by atoms with E-state index < -0.39 is 0 Å². The molecular weight excluding hydrogens is 256 g/mol. The van der Waals surface area contributed by atoms with Crippen LogP contribution in [0.3, 0.4) is 0 Å². The zero-order valence-corrected chi connectivity index (χ0v) is 13.0. The number of imidazole rings is 1. The summed E-state index contributed by atoms with van der Waals surface area (Å²) >= 11 is 0. The van der Waals surface area contributed by atoms with Crippen molar-refractivity contribution in [2.45, 2.75) is 27.7 Å². The van der Waals surface area contributed by atoms with Crippen LogP contribution in [0.25, 0.3) is 23.0 Å². The topological polar surface area (TPSA) is 17.3 Å². The Morgan fingerprint density at radius 1 is 0.952 bits per heavy atom. The van der Waals surface area contributed by atoms with Crippen LogP contribution in [0.5, 0.6) is 0 Å². The number of nitrogens with zero attached hydrogens (tertiary/aromatic N) is 2. The van der Waals surface area contributed by atoms with Crippen molar-refractivity contribution in [1.29, 1.82) is 0 Å². The summed E-state index contributed by atoms with van der Waals surface area (Å²) in [7, 11) is 0. The molecular formula is C19H20N2. The SMILES string of the molecule is C/C=C/c1ccc(-c2cn3cc(C)ccc3n2)c(C)c1C. The van der Waals surface area contributed by atoms with Crippen molar-refractivity contribution in [3.05, 3.63) is 65.0 Å². The molecule has 0 atom stereocenters. The lowest BCUT2D eigenvalue weighted by Crippen LogP contribution is -1.91. The minimum Gasteiger partial charge on any atom is -0.306 e. The maximum atomic E-state index is 4.75. The quantitative estimate of drug-likeness (QED) is 0.646. The summed E-state index contributed by atoms with van der Waals surface area (Å²) in [4.78, 5) is 4.75. The van der Waals surface area contributed by atoms with Crippen LogP contribution in [0.2, 0.25) is 0 Å². The summed E-state index contributed by atoms with van der Waals surface area (Å²) in [6.07, 6.45) is 8.45. The second-order valence-corrected chi connectivity index (χ2v) is 5.55. The van der Waals surface area contributed by atoms with Gasteiger partial charge in [-0.05, 0) is 56.0 Å². The van der Waals surface area contributed by atoms with Gasteiger partial charge in [0.1, 0.15) is 5.65 Å². The smallest absolute Gasteiger partial charge is 0.137 e. The third-order valence-corrected chi connectivity index (χ3v) is 4.05. The van der Waals surface area contributed by atoms with Crippen LogP contribution in [0, 0.1) is 20.8 Å². The second-order valence-electron chi connectivity index (χ2n) is 5.55. The summed E-state index contributed by atoms with van der Waals surface area (Å²) in [5, 5.41) is 0. The predicted molar refractivity (Wildman–Crippen MR) is 89.5 cm³/mol. The molecule has 1 aromatic carbocycles. The van der Waals surface area contributed by atoms with Gasteiger partial charge in [0.05, 0.1) is 5.69 Å². The maximum Gasteiger partial charge on any atom is 0.137 e. The molecule has 0 aliphatic rings. The lowest BCUT2D eigenvalue weighted by atomic mass is 9.96. The molecule has 2 heteroatoms. The van der Waals surface area contributed by atoms with Crippen molar-refractivity contribution in [3.63, 3.8) is 0 Å². The first-order valence-electron chi connectivity index (χ1n) is 7.29. The van der Waals surface area contributed by atoms with Crippen LogP contribution < -0.4 is 0 Å². The van der Waals surface area contributed by atoms with Crippen molar-refractivity contribution in [3.8, 4) is 11.3 Å². The number of aromatic nitrogens is 2. The lowest BCUT2D eigenvalue weighted by molar-refractivity contribution is 1.16. The number of hydrogen-bond acceptors (Lipinski definition) is 1. The fraction of sp³-hybridized carbons (Fsp3) is 0.211. The Hall–Kier alpha value is -2.35. The molecule has 3 aromatic rings. The number of fused-ring (bicyclic) bond motifs is 1. The summed E-state index contributed by atoms with van der Waals surface area (Å²) in [6, 6.07) is 8.51. The fourth-order valence-electron chi connectivity index (χ4n) is 2.71. The Bertz CT molecular complexity index is 838. The average Bonchev–Trinajstić information content (AvgIpc) is 2.87. The van der Waals surface area contributed by atoms with Gasteiger partial charge in [-0.3, -0.25) is 0 Å². The lowest BCUT2D eigenvalue weighted by Gasteiger charge is -2.09. The molecule has 0 fully saturated rings. The normalized spacial score (nSPS) is 11.6. The number of benzene rings is 1. The average molecular weight is 276 g/mol. The van der Waals surface area contributed by atoms with E-state index in [2.05, 4.69) is 74.0 Å². The minimum atomic E-state index is 0.991. The first kappa shape index (κ1) is 13.6. The van der Waals surface area contributed by atoms with Crippen LogP contribution >= 0.6 is 0 Å². The zero-order valence-electron chi connectivity index (χ0n) is 13.0. The maximum absolute atomic E-state index is 4.75. The van der Waals surface area contributed by atoms with Crippen molar-refractivity contribution in [2.24, 2.45) is 0 Å². The first-order chi connectivity index (χ1) is 10.1. The Morgan fingerprint density at radius 2 is 1.76 bits per heavy atom. The van der Waals surface area contributed by atoms with E-state index in [1.165, 1.54) is 27.8 Å². The van der Waals surface area contributed by atoms with E-state index in [9.17, 15) is 0 Å². The summed E-state index contributed by atoms with van der Waals surface area (Å²) < 4.78 is 2.10. The summed E-state index contributed by atoms with van der Waals surface area (Å²) in [6.45, 7) is 8.49. The van der Waals surface area contributed by atoms with E-state index in [0.29, 0.717) is 0 Å². The number of aryl methyl sites for hydroxylation is 1. The van der Waals surface area contributed by atoms with Gasteiger partial charge in [-0.25, -0.2) is 4.98 Å². The van der Waals surface area contributed by atoms with Gasteiger partial charge in [0.25, 0.3) is 0 Å². The van der Waals surface area contributed by atoms with Crippen molar-refractivity contribution in [1.82, 2.24) is 9.38 Å². The molecule has 0 spiro atoms. The van der Waals surface area contributed by atoms with E-state index in [-0.39, 0.29) is 0 Å². The second kappa shape index (κ2) is 5.21. The highest BCUT2D eigenvalue weighted by Gasteiger charge is 2.10. The summed E-state index contributed by atoms with van der Waals surface area (Å²) in [5.74, 6) is 0. The highest BCUT2D eigenvalue weighted by atomic mass is 15.0. The van der Waals surface area contributed by atoms with E-state index in [0.717, 1.165) is 11.3 Å². The molecule has 2 nitrogen and oxygen atoms in total. The monoisotopic (exact) mass is 276 g/mol. The fourth-order valence-corrected chi connectivity index (χ4v) is 2.71. The van der Waals surface area contributed by atoms with Crippen LogP contribution in [0.15, 0.2) is 42.7 Å². The van der Waals surface area contributed by atoms with Crippen molar-refractivity contribution < 1.29 is 0 Å². The van der Waals surface area contributed by atoms with Crippen LogP contribution in [0.4, 0.5) is 0 Å². The molecule has 0 saturated heterocycles. The Balaban J connectivity index is 2.16. The molecule has 0 aliphatic heterocycles. The van der Waals surface area contributed by atoms with E-state index >= 15 is 0 Å². The minimum absolute atomic E-state index is 0.991. The highest BCUT2D eigenvalue weighted by Crippen LogP contribution is 2.28. The molecule has 106 valence electrons. The number of pyridine rings is 1. The van der Waals surface area contributed by atoms with Crippen molar-refractivity contribution in [2.75, 3.05) is 0 Å². The molecule has 0 amide bonds. The zero-order chi connectivity index (χ0) is 15.0. The van der Waals surface area contributed by atoms with Gasteiger partial charge in [0, 0.05) is 18.0 Å². The third-order valence-electron chi connectivity index (χ3n) is 4.05. The van der Waals surface area contributed by atoms with Gasteiger partial charge < -0.3 is 4.40 Å². The molecule has 2 aromatic heterocycles. The van der Waals surface area contributed by atoms with Gasteiger partial charge in [0.2, 0.25) is 0 Å². The Morgan fingerprint density at radius 3 is 2.52 bits per heavy atom. The van der Waals surface area contributed by atoms with E-state index in [4.69, 9.17) is 4.98 Å². The van der Waals surface area contributed by atoms with Crippen LogP contribution in [0.1, 0.15) is 29.2 Å².